The summed E-state index contributed by atoms with van der Waals surface area (Å²) in [6.07, 6.45) is -0.219. The molecule has 0 saturated carbocycles. The Kier molecular flexibility index (Phi) is 2.15. The van der Waals surface area contributed by atoms with Crippen LogP contribution in [0.1, 0.15) is 6.42 Å². The van der Waals surface area contributed by atoms with Crippen LogP contribution in [0.3, 0.4) is 0 Å². The second kappa shape index (κ2) is 2.62. The minimum atomic E-state index is -2.89. The molecule has 0 radical (unpaired) electrons. The minimum Gasteiger partial charge on any atom is -0.390 e. The van der Waals surface area contributed by atoms with E-state index in [9.17, 15) is 4.57 Å². The topological polar surface area (TPSA) is 66.8 Å². The Morgan fingerprint density at radius 2 is 2.20 bits per heavy atom. The highest BCUT2D eigenvalue weighted by Crippen LogP contribution is 2.56. The molecule has 1 fully saturated rings. The maximum Gasteiger partial charge on any atom is 0.233 e. The molecule has 1 rings (SSSR count). The van der Waals surface area contributed by atoms with Gasteiger partial charge in [0.2, 0.25) is 7.37 Å². The van der Waals surface area contributed by atoms with Gasteiger partial charge in [-0.05, 0) is 6.42 Å². The molecule has 1 aliphatic rings. The van der Waals surface area contributed by atoms with Gasteiger partial charge < -0.3 is 14.7 Å². The lowest BCUT2D eigenvalue weighted by molar-refractivity contribution is 0.0708. The third-order valence-electron chi connectivity index (χ3n) is 1.79. The van der Waals surface area contributed by atoms with Crippen molar-refractivity contribution in [1.82, 2.24) is 0 Å². The van der Waals surface area contributed by atoms with E-state index in [0.717, 1.165) is 0 Å². The highest BCUT2D eigenvalue weighted by atomic mass is 31.2. The lowest BCUT2D eigenvalue weighted by Gasteiger charge is -2.14. The molecule has 2 N–H and O–H groups in total. The van der Waals surface area contributed by atoms with Gasteiger partial charge in [0.05, 0.1) is 6.10 Å². The van der Waals surface area contributed by atoms with E-state index in [1.807, 2.05) is 0 Å². The zero-order valence-corrected chi connectivity index (χ0v) is 6.62. The zero-order valence-electron chi connectivity index (χ0n) is 5.73. The molecule has 0 aromatic carbocycles. The van der Waals surface area contributed by atoms with Crippen LogP contribution in [-0.2, 0) is 9.09 Å². The number of aliphatic hydroxyl groups excluding tert-OH is 2. The summed E-state index contributed by atoms with van der Waals surface area (Å²) in [6.45, 7) is 0. The second-order valence-electron chi connectivity index (χ2n) is 2.40. The minimum absolute atomic E-state index is 0.284. The Morgan fingerprint density at radius 3 is 2.40 bits per heavy atom. The summed E-state index contributed by atoms with van der Waals surface area (Å²) in [5.41, 5.74) is 0. The number of aliphatic hydroxyl groups is 2. The van der Waals surface area contributed by atoms with Crippen LogP contribution in [0, 0.1) is 0 Å². The first-order valence-electron chi connectivity index (χ1n) is 3.11. The van der Waals surface area contributed by atoms with Crippen molar-refractivity contribution in [1.29, 1.82) is 0 Å². The van der Waals surface area contributed by atoms with Crippen LogP contribution in [-0.4, -0.2) is 35.4 Å². The summed E-state index contributed by atoms with van der Waals surface area (Å²) in [7, 11) is -1.60. The largest absolute Gasteiger partial charge is 0.390 e. The molecule has 60 valence electrons. The zero-order chi connectivity index (χ0) is 7.78. The van der Waals surface area contributed by atoms with Crippen molar-refractivity contribution in [2.24, 2.45) is 0 Å². The molecule has 0 aromatic heterocycles. The highest BCUT2D eigenvalue weighted by Gasteiger charge is 2.43. The number of rotatable bonds is 1. The van der Waals surface area contributed by atoms with Crippen molar-refractivity contribution in [2.45, 2.75) is 18.4 Å². The standard InChI is InChI=1S/C5H11O4P/c1-9-10(8)3-2-4(6)5(10)7/h4-7H,2-3H2,1H3/t4-,5+,10-/m1/s1. The van der Waals surface area contributed by atoms with E-state index in [1.165, 1.54) is 7.11 Å². The van der Waals surface area contributed by atoms with Crippen LogP contribution in [0.2, 0.25) is 0 Å². The van der Waals surface area contributed by atoms with Crippen molar-refractivity contribution in [3.63, 3.8) is 0 Å². The third-order valence-corrected chi connectivity index (χ3v) is 4.44. The molecule has 0 spiro atoms. The number of hydrogen-bond donors (Lipinski definition) is 2. The molecule has 1 saturated heterocycles. The van der Waals surface area contributed by atoms with Crippen LogP contribution < -0.4 is 0 Å². The van der Waals surface area contributed by atoms with Crippen molar-refractivity contribution in [2.75, 3.05) is 13.3 Å². The Labute approximate surface area is 59.3 Å². The first-order valence-corrected chi connectivity index (χ1v) is 4.98. The summed E-state index contributed by atoms with van der Waals surface area (Å²) in [5, 5.41) is 18.0. The SMILES string of the molecule is CO[P@]1(=O)CC[C@@H](O)[C@H]1O. The Morgan fingerprint density at radius 1 is 1.60 bits per heavy atom. The summed E-state index contributed by atoms with van der Waals surface area (Å²) >= 11 is 0. The molecule has 5 heteroatoms. The van der Waals surface area contributed by atoms with Gasteiger partial charge in [0.15, 0.2) is 5.85 Å². The van der Waals surface area contributed by atoms with Crippen LogP contribution in [0.4, 0.5) is 0 Å². The fourth-order valence-corrected chi connectivity index (χ4v) is 3.02. The van der Waals surface area contributed by atoms with Gasteiger partial charge in [-0.1, -0.05) is 0 Å². The van der Waals surface area contributed by atoms with E-state index in [-0.39, 0.29) is 6.16 Å². The summed E-state index contributed by atoms with van der Waals surface area (Å²) in [5.74, 6) is -1.17. The van der Waals surface area contributed by atoms with Crippen LogP contribution in [0.25, 0.3) is 0 Å². The molecule has 0 aromatic rings. The van der Waals surface area contributed by atoms with Crippen molar-refractivity contribution in [3.8, 4) is 0 Å². The van der Waals surface area contributed by atoms with Gasteiger partial charge in [0.25, 0.3) is 0 Å². The molecule has 0 bridgehead atoms. The molecule has 0 unspecified atom stereocenters. The highest BCUT2D eigenvalue weighted by molar-refractivity contribution is 7.59. The van der Waals surface area contributed by atoms with Crippen molar-refractivity contribution < 1.29 is 19.3 Å². The van der Waals surface area contributed by atoms with Crippen LogP contribution in [0.15, 0.2) is 0 Å². The average molecular weight is 166 g/mol. The second-order valence-corrected chi connectivity index (χ2v) is 5.20. The maximum absolute atomic E-state index is 11.3. The van der Waals surface area contributed by atoms with Gasteiger partial charge in [0, 0.05) is 13.3 Å². The van der Waals surface area contributed by atoms with E-state index >= 15 is 0 Å². The van der Waals surface area contributed by atoms with Gasteiger partial charge in [0.1, 0.15) is 0 Å². The molecule has 1 aliphatic heterocycles. The molecule has 10 heavy (non-hydrogen) atoms. The van der Waals surface area contributed by atoms with Crippen molar-refractivity contribution in [3.05, 3.63) is 0 Å². The van der Waals surface area contributed by atoms with Crippen LogP contribution >= 0.6 is 7.37 Å². The monoisotopic (exact) mass is 166 g/mol. The quantitative estimate of drug-likeness (QED) is 0.538. The molecule has 0 aliphatic carbocycles. The van der Waals surface area contributed by atoms with Gasteiger partial charge >= 0.3 is 0 Å². The lowest BCUT2D eigenvalue weighted by Crippen LogP contribution is -2.18. The molecule has 3 atom stereocenters. The Balaban J connectivity index is 2.74. The lowest BCUT2D eigenvalue weighted by atomic mass is 10.3. The molecular weight excluding hydrogens is 155 g/mol. The van der Waals surface area contributed by atoms with E-state index in [0.29, 0.717) is 6.42 Å². The Bertz CT molecular complexity index is 169. The molecule has 0 amide bonds. The molecular formula is C5H11O4P. The van der Waals surface area contributed by atoms with E-state index in [4.69, 9.17) is 10.2 Å². The summed E-state index contributed by atoms with van der Waals surface area (Å²) in [6, 6.07) is 0. The summed E-state index contributed by atoms with van der Waals surface area (Å²) in [4.78, 5) is 0. The normalized spacial score (nSPS) is 47.9. The van der Waals surface area contributed by atoms with Crippen molar-refractivity contribution >= 4 is 7.37 Å². The molecule has 1 heterocycles. The Hall–Kier alpha value is 0.110. The third kappa shape index (κ3) is 1.12. The maximum atomic E-state index is 11.3. The van der Waals surface area contributed by atoms with Gasteiger partial charge in [-0.25, -0.2) is 0 Å². The average Bonchev–Trinajstić information content (AvgIpc) is 2.19. The fraction of sp³-hybridized carbons (Fsp3) is 1.00. The first-order chi connectivity index (χ1) is 4.60. The predicted octanol–water partition coefficient (Wildman–Crippen LogP) is -0.00610. The van der Waals surface area contributed by atoms with Gasteiger partial charge in [-0.2, -0.15) is 0 Å². The van der Waals surface area contributed by atoms with Gasteiger partial charge in [-0.15, -0.1) is 0 Å². The number of hydrogen-bond acceptors (Lipinski definition) is 4. The predicted molar refractivity (Wildman–Crippen MR) is 36.1 cm³/mol. The smallest absolute Gasteiger partial charge is 0.233 e. The van der Waals surface area contributed by atoms with Crippen LogP contribution in [0.5, 0.6) is 0 Å². The van der Waals surface area contributed by atoms with E-state index in [1.54, 1.807) is 0 Å². The van der Waals surface area contributed by atoms with E-state index < -0.39 is 19.3 Å². The fourth-order valence-electron chi connectivity index (χ4n) is 1.06. The summed E-state index contributed by atoms with van der Waals surface area (Å²) < 4.78 is 15.9. The van der Waals surface area contributed by atoms with Gasteiger partial charge in [-0.3, -0.25) is 4.57 Å². The molecule has 4 nitrogen and oxygen atoms in total. The van der Waals surface area contributed by atoms with E-state index in [2.05, 4.69) is 4.52 Å². The first kappa shape index (κ1) is 8.21.